The van der Waals surface area contributed by atoms with Crippen LogP contribution in [0.3, 0.4) is 0 Å². The van der Waals surface area contributed by atoms with Crippen molar-refractivity contribution in [2.45, 2.75) is 95.8 Å². The second-order valence-corrected chi connectivity index (χ2v) is 10.9. The summed E-state index contributed by atoms with van der Waals surface area (Å²) in [6, 6.07) is 10.4. The molecular weight excluding hydrogens is 403 g/mol. The van der Waals surface area contributed by atoms with Gasteiger partial charge in [-0.25, -0.2) is 4.39 Å². The van der Waals surface area contributed by atoms with Crippen molar-refractivity contribution >= 4 is 10.8 Å². The van der Waals surface area contributed by atoms with Gasteiger partial charge < -0.3 is 0 Å². The summed E-state index contributed by atoms with van der Waals surface area (Å²) in [5, 5.41) is 1.83. The van der Waals surface area contributed by atoms with Crippen molar-refractivity contribution in [3.8, 4) is 0 Å². The minimum absolute atomic E-state index is 0.0273. The molecule has 2 saturated carbocycles. The van der Waals surface area contributed by atoms with E-state index >= 15 is 4.39 Å². The molecule has 0 spiro atoms. The van der Waals surface area contributed by atoms with E-state index in [2.05, 4.69) is 43.5 Å². The lowest BCUT2D eigenvalue weighted by atomic mass is 9.73. The molecule has 1 heteroatoms. The van der Waals surface area contributed by atoms with E-state index in [-0.39, 0.29) is 5.82 Å². The first-order valence-electron chi connectivity index (χ1n) is 13.6. The zero-order valence-corrected chi connectivity index (χ0v) is 20.5. The second kappa shape index (κ2) is 12.0. The molecule has 0 bridgehead atoms. The fraction of sp³-hybridized carbons (Fsp3) is 0.562. The van der Waals surface area contributed by atoms with E-state index in [1.807, 2.05) is 12.1 Å². The number of hydrogen-bond donors (Lipinski definition) is 0. The summed E-state index contributed by atoms with van der Waals surface area (Å²) in [5.74, 6) is 3.18. The zero-order valence-electron chi connectivity index (χ0n) is 20.5. The van der Waals surface area contributed by atoms with Crippen molar-refractivity contribution in [3.63, 3.8) is 0 Å². The van der Waals surface area contributed by atoms with Gasteiger partial charge in [-0.3, -0.25) is 0 Å². The first kappa shape index (κ1) is 24.2. The molecule has 0 aliphatic heterocycles. The minimum atomic E-state index is 0.0273. The molecule has 2 fully saturated rings. The molecule has 0 nitrogen and oxygen atoms in total. The molecule has 0 heterocycles. The van der Waals surface area contributed by atoms with E-state index in [0.717, 1.165) is 59.8 Å². The molecule has 0 aromatic heterocycles. The van der Waals surface area contributed by atoms with E-state index in [0.29, 0.717) is 5.92 Å². The molecule has 0 unspecified atom stereocenters. The van der Waals surface area contributed by atoms with Crippen LogP contribution < -0.4 is 0 Å². The van der Waals surface area contributed by atoms with E-state index < -0.39 is 0 Å². The SMILES string of the molecule is C=CCCc1ccc2c(F)c(C3CCC(CCC4CCC(CCC=C)CC4)CC3)ccc2c1. The summed E-state index contributed by atoms with van der Waals surface area (Å²) < 4.78 is 15.4. The summed E-state index contributed by atoms with van der Waals surface area (Å²) in [6.45, 7) is 7.68. The van der Waals surface area contributed by atoms with Crippen LogP contribution >= 0.6 is 0 Å². The third-order valence-electron chi connectivity index (χ3n) is 8.70. The first-order chi connectivity index (χ1) is 16.2. The maximum absolute atomic E-state index is 15.4. The Morgan fingerprint density at radius 1 is 0.727 bits per heavy atom. The maximum atomic E-state index is 15.4. The molecule has 0 amide bonds. The first-order valence-corrected chi connectivity index (χ1v) is 13.6. The fourth-order valence-electron chi connectivity index (χ4n) is 6.49. The van der Waals surface area contributed by atoms with Gasteiger partial charge in [0.25, 0.3) is 0 Å². The topological polar surface area (TPSA) is 0 Å². The molecule has 178 valence electrons. The van der Waals surface area contributed by atoms with Crippen LogP contribution in [0, 0.1) is 23.6 Å². The summed E-state index contributed by atoms with van der Waals surface area (Å²) in [5.41, 5.74) is 2.22. The van der Waals surface area contributed by atoms with Crippen molar-refractivity contribution in [1.82, 2.24) is 0 Å². The monoisotopic (exact) mass is 446 g/mol. The third kappa shape index (κ3) is 6.37. The van der Waals surface area contributed by atoms with Gasteiger partial charge in [-0.2, -0.15) is 0 Å². The molecule has 0 N–H and O–H groups in total. The quantitative estimate of drug-likeness (QED) is 0.318. The molecule has 33 heavy (non-hydrogen) atoms. The van der Waals surface area contributed by atoms with Gasteiger partial charge in [0, 0.05) is 5.39 Å². The molecular formula is C32H43F. The molecule has 0 saturated heterocycles. The molecule has 2 aliphatic rings. The van der Waals surface area contributed by atoms with Crippen LogP contribution in [0.5, 0.6) is 0 Å². The Morgan fingerprint density at radius 2 is 1.33 bits per heavy atom. The van der Waals surface area contributed by atoms with Crippen LogP contribution in [-0.4, -0.2) is 0 Å². The Balaban J connectivity index is 1.26. The number of allylic oxidation sites excluding steroid dienone is 2. The highest BCUT2D eigenvalue weighted by molar-refractivity contribution is 5.84. The van der Waals surface area contributed by atoms with Crippen molar-refractivity contribution in [3.05, 3.63) is 72.6 Å². The normalized spacial score (nSPS) is 25.7. The van der Waals surface area contributed by atoms with Crippen LogP contribution in [0.15, 0.2) is 55.6 Å². The average molecular weight is 447 g/mol. The van der Waals surface area contributed by atoms with Gasteiger partial charge in [0.1, 0.15) is 5.82 Å². The van der Waals surface area contributed by atoms with E-state index in [9.17, 15) is 0 Å². The zero-order chi connectivity index (χ0) is 23.0. The van der Waals surface area contributed by atoms with Crippen LogP contribution in [0.25, 0.3) is 10.8 Å². The average Bonchev–Trinajstić information content (AvgIpc) is 2.86. The lowest BCUT2D eigenvalue weighted by Gasteiger charge is -2.32. The molecule has 0 radical (unpaired) electrons. The van der Waals surface area contributed by atoms with Gasteiger partial charge in [0.15, 0.2) is 0 Å². The predicted octanol–water partition coefficient (Wildman–Crippen LogP) is 9.92. The number of rotatable bonds is 10. The van der Waals surface area contributed by atoms with Crippen LogP contribution in [0.1, 0.15) is 101 Å². The van der Waals surface area contributed by atoms with Crippen molar-refractivity contribution in [2.75, 3.05) is 0 Å². The molecule has 2 aromatic carbocycles. The van der Waals surface area contributed by atoms with Gasteiger partial charge in [-0.1, -0.05) is 81.0 Å². The Hall–Kier alpha value is -1.89. The van der Waals surface area contributed by atoms with Crippen LogP contribution in [0.4, 0.5) is 4.39 Å². The Morgan fingerprint density at radius 3 is 1.97 bits per heavy atom. The van der Waals surface area contributed by atoms with Crippen molar-refractivity contribution < 1.29 is 4.39 Å². The third-order valence-corrected chi connectivity index (χ3v) is 8.70. The Labute approximate surface area is 201 Å². The van der Waals surface area contributed by atoms with Gasteiger partial charge >= 0.3 is 0 Å². The highest BCUT2D eigenvalue weighted by Crippen LogP contribution is 2.41. The van der Waals surface area contributed by atoms with Crippen molar-refractivity contribution in [2.24, 2.45) is 17.8 Å². The van der Waals surface area contributed by atoms with Crippen LogP contribution in [-0.2, 0) is 6.42 Å². The number of aryl methyl sites for hydroxylation is 1. The van der Waals surface area contributed by atoms with E-state index in [1.165, 1.54) is 69.8 Å². The van der Waals surface area contributed by atoms with Crippen LogP contribution in [0.2, 0.25) is 0 Å². The standard InChI is InChI=1S/C32H43F/c1-3-5-7-24-9-11-25(12-10-24)13-14-26-15-18-28(19-16-26)30-22-20-29-23-27(8-6-4-2)17-21-31(29)32(30)33/h3-4,17,20-26,28H,1-2,5-16,18-19H2. The predicted molar refractivity (Wildman–Crippen MR) is 141 cm³/mol. The summed E-state index contributed by atoms with van der Waals surface area (Å²) >= 11 is 0. The number of benzene rings is 2. The number of fused-ring (bicyclic) bond motifs is 1. The van der Waals surface area contributed by atoms with Crippen molar-refractivity contribution in [1.29, 1.82) is 0 Å². The summed E-state index contributed by atoms with van der Waals surface area (Å²) in [6.07, 6.45) is 21.9. The molecule has 2 aromatic rings. The molecule has 2 aliphatic carbocycles. The number of halogens is 1. The molecule has 0 atom stereocenters. The highest BCUT2D eigenvalue weighted by atomic mass is 19.1. The van der Waals surface area contributed by atoms with Gasteiger partial charge in [-0.05, 0) is 91.6 Å². The lowest BCUT2D eigenvalue weighted by Crippen LogP contribution is -2.18. The fourth-order valence-corrected chi connectivity index (χ4v) is 6.49. The Kier molecular flexibility index (Phi) is 8.82. The second-order valence-electron chi connectivity index (χ2n) is 10.9. The molecule has 4 rings (SSSR count). The lowest BCUT2D eigenvalue weighted by molar-refractivity contribution is 0.225. The Bertz CT molecular complexity index is 909. The minimum Gasteiger partial charge on any atom is -0.206 e. The largest absolute Gasteiger partial charge is 0.206 e. The van der Waals surface area contributed by atoms with E-state index in [1.54, 1.807) is 0 Å². The smallest absolute Gasteiger partial charge is 0.134 e. The summed E-state index contributed by atoms with van der Waals surface area (Å²) in [4.78, 5) is 0. The van der Waals surface area contributed by atoms with Gasteiger partial charge in [0.05, 0.1) is 0 Å². The van der Waals surface area contributed by atoms with Gasteiger partial charge in [0.2, 0.25) is 0 Å². The highest BCUT2D eigenvalue weighted by Gasteiger charge is 2.27. The van der Waals surface area contributed by atoms with Gasteiger partial charge in [-0.15, -0.1) is 13.2 Å². The van der Waals surface area contributed by atoms with E-state index in [4.69, 9.17) is 0 Å². The number of hydrogen-bond acceptors (Lipinski definition) is 0. The summed E-state index contributed by atoms with van der Waals surface area (Å²) in [7, 11) is 0. The maximum Gasteiger partial charge on any atom is 0.134 e.